The van der Waals surface area contributed by atoms with E-state index in [1.54, 1.807) is 37.4 Å². The lowest BCUT2D eigenvalue weighted by Gasteiger charge is -2.36. The number of amides is 1. The molecule has 1 aliphatic heterocycles. The van der Waals surface area contributed by atoms with E-state index in [2.05, 4.69) is 4.90 Å². The largest absolute Gasteiger partial charge is 0.506 e. The molecule has 1 N–H and O–H groups in total. The summed E-state index contributed by atoms with van der Waals surface area (Å²) >= 11 is 0. The first-order valence-corrected chi connectivity index (χ1v) is 8.98. The molecule has 0 aliphatic carbocycles. The summed E-state index contributed by atoms with van der Waals surface area (Å²) in [5.74, 6) is 0.831. The zero-order chi connectivity index (χ0) is 19.4. The number of carbonyl (C=O) groups excluding carboxylic acids is 2. The molecule has 0 bridgehead atoms. The summed E-state index contributed by atoms with van der Waals surface area (Å²) in [5.41, 5.74) is 2.08. The number of rotatable bonds is 5. The molecule has 2 aromatic carbocycles. The summed E-state index contributed by atoms with van der Waals surface area (Å²) in [7, 11) is 1.56. The fourth-order valence-corrected chi connectivity index (χ4v) is 3.34. The minimum atomic E-state index is -0.0392. The highest BCUT2D eigenvalue weighted by Gasteiger charge is 2.23. The number of piperazine rings is 1. The van der Waals surface area contributed by atoms with Crippen molar-refractivity contribution in [2.75, 3.05) is 38.2 Å². The fraction of sp³-hybridized carbons (Fsp3) is 0.333. The van der Waals surface area contributed by atoms with Crippen LogP contribution in [-0.4, -0.2) is 55.0 Å². The SMILES string of the molecule is COc1ccc(C(C)=O)cc1CC(=O)N1CCN(c2ccccc2O)CC1. The molecular formula is C21H24N2O4. The maximum Gasteiger partial charge on any atom is 0.227 e. The highest BCUT2D eigenvalue weighted by Crippen LogP contribution is 2.27. The van der Waals surface area contributed by atoms with Gasteiger partial charge >= 0.3 is 0 Å². The Morgan fingerprint density at radius 1 is 1.07 bits per heavy atom. The Morgan fingerprint density at radius 2 is 1.78 bits per heavy atom. The zero-order valence-corrected chi connectivity index (χ0v) is 15.6. The third kappa shape index (κ3) is 4.22. The van der Waals surface area contributed by atoms with Crippen LogP contribution in [0.3, 0.4) is 0 Å². The Morgan fingerprint density at radius 3 is 2.41 bits per heavy atom. The highest BCUT2D eigenvalue weighted by molar-refractivity contribution is 5.94. The van der Waals surface area contributed by atoms with Gasteiger partial charge in [0.05, 0.1) is 19.2 Å². The van der Waals surface area contributed by atoms with Crippen molar-refractivity contribution in [1.82, 2.24) is 4.90 Å². The predicted octanol–water partition coefficient (Wildman–Crippen LogP) is 2.49. The van der Waals surface area contributed by atoms with Crippen molar-refractivity contribution in [3.05, 3.63) is 53.6 Å². The van der Waals surface area contributed by atoms with Crippen LogP contribution in [0.5, 0.6) is 11.5 Å². The Balaban J connectivity index is 1.66. The molecule has 0 aromatic heterocycles. The number of nitrogens with zero attached hydrogens (tertiary/aromatic N) is 2. The number of ketones is 1. The molecule has 1 amide bonds. The average molecular weight is 368 g/mol. The molecule has 0 saturated carbocycles. The first-order valence-electron chi connectivity index (χ1n) is 8.98. The van der Waals surface area contributed by atoms with Gasteiger partial charge in [0.2, 0.25) is 5.91 Å². The number of phenolic OH excluding ortho intramolecular Hbond substituents is 1. The number of benzene rings is 2. The van der Waals surface area contributed by atoms with E-state index in [4.69, 9.17) is 4.74 Å². The summed E-state index contributed by atoms with van der Waals surface area (Å²) in [4.78, 5) is 28.3. The lowest BCUT2D eigenvalue weighted by atomic mass is 10.0. The van der Waals surface area contributed by atoms with Crippen LogP contribution in [0, 0.1) is 0 Å². The second-order valence-electron chi connectivity index (χ2n) is 6.62. The first kappa shape index (κ1) is 18.8. The third-order valence-corrected chi connectivity index (χ3v) is 4.88. The van der Waals surface area contributed by atoms with Gasteiger partial charge in [0.25, 0.3) is 0 Å². The molecule has 0 atom stereocenters. The van der Waals surface area contributed by atoms with E-state index in [1.807, 2.05) is 17.0 Å². The van der Waals surface area contributed by atoms with Gasteiger partial charge in [-0.1, -0.05) is 12.1 Å². The Labute approximate surface area is 159 Å². The highest BCUT2D eigenvalue weighted by atomic mass is 16.5. The van der Waals surface area contributed by atoms with Crippen molar-refractivity contribution >= 4 is 17.4 Å². The molecule has 1 heterocycles. The van der Waals surface area contributed by atoms with Gasteiger partial charge in [0, 0.05) is 37.3 Å². The molecule has 0 unspecified atom stereocenters. The van der Waals surface area contributed by atoms with Crippen molar-refractivity contribution in [3.63, 3.8) is 0 Å². The van der Waals surface area contributed by atoms with Crippen LogP contribution in [0.2, 0.25) is 0 Å². The zero-order valence-electron chi connectivity index (χ0n) is 15.6. The van der Waals surface area contributed by atoms with Gasteiger partial charge in [-0.25, -0.2) is 0 Å². The molecule has 6 nitrogen and oxygen atoms in total. The molecule has 1 saturated heterocycles. The number of para-hydroxylation sites is 2. The van der Waals surface area contributed by atoms with Crippen LogP contribution in [-0.2, 0) is 11.2 Å². The standard InChI is InChI=1S/C21H24N2O4/c1-15(24)16-7-8-20(27-2)17(13-16)14-21(26)23-11-9-22(10-12-23)18-5-3-4-6-19(18)25/h3-8,13,25H,9-12,14H2,1-2H3. The monoisotopic (exact) mass is 368 g/mol. The van der Waals surface area contributed by atoms with Gasteiger partial charge in [-0.15, -0.1) is 0 Å². The molecule has 1 aliphatic rings. The number of phenols is 1. The van der Waals surface area contributed by atoms with E-state index in [0.717, 1.165) is 11.3 Å². The van der Waals surface area contributed by atoms with Crippen LogP contribution < -0.4 is 9.64 Å². The van der Waals surface area contributed by atoms with E-state index >= 15 is 0 Å². The quantitative estimate of drug-likeness (QED) is 0.821. The van der Waals surface area contributed by atoms with Gasteiger partial charge in [-0.2, -0.15) is 0 Å². The number of Topliss-reactive ketones (excluding diaryl/α,β-unsaturated/α-hetero) is 1. The van der Waals surface area contributed by atoms with Gasteiger partial charge in [0.1, 0.15) is 11.5 Å². The van der Waals surface area contributed by atoms with Crippen LogP contribution in [0.1, 0.15) is 22.8 Å². The Kier molecular flexibility index (Phi) is 5.64. The van der Waals surface area contributed by atoms with E-state index in [-0.39, 0.29) is 23.9 Å². The van der Waals surface area contributed by atoms with Gasteiger partial charge in [-0.05, 0) is 37.3 Å². The molecule has 0 spiro atoms. The molecule has 3 rings (SSSR count). The topological polar surface area (TPSA) is 70.1 Å². The lowest BCUT2D eigenvalue weighted by molar-refractivity contribution is -0.130. The second kappa shape index (κ2) is 8.12. The summed E-state index contributed by atoms with van der Waals surface area (Å²) in [6.07, 6.45) is 0.195. The van der Waals surface area contributed by atoms with Crippen LogP contribution in [0.25, 0.3) is 0 Å². The van der Waals surface area contributed by atoms with Crippen LogP contribution in [0.4, 0.5) is 5.69 Å². The number of aromatic hydroxyl groups is 1. The number of methoxy groups -OCH3 is 1. The molecule has 0 radical (unpaired) electrons. The minimum Gasteiger partial charge on any atom is -0.506 e. The maximum atomic E-state index is 12.7. The predicted molar refractivity (Wildman–Crippen MR) is 104 cm³/mol. The van der Waals surface area contributed by atoms with E-state index in [9.17, 15) is 14.7 Å². The number of carbonyl (C=O) groups is 2. The Hall–Kier alpha value is -3.02. The molecule has 27 heavy (non-hydrogen) atoms. The van der Waals surface area contributed by atoms with Gasteiger partial charge in [-0.3, -0.25) is 9.59 Å². The average Bonchev–Trinajstić information content (AvgIpc) is 2.68. The molecule has 1 fully saturated rings. The van der Waals surface area contributed by atoms with Crippen molar-refractivity contribution in [2.45, 2.75) is 13.3 Å². The number of anilines is 1. The normalized spacial score (nSPS) is 14.1. The van der Waals surface area contributed by atoms with Crippen LogP contribution >= 0.6 is 0 Å². The summed E-state index contributed by atoms with van der Waals surface area (Å²) in [5, 5.41) is 10.00. The summed E-state index contributed by atoms with van der Waals surface area (Å²) in [6.45, 7) is 4.00. The fourth-order valence-electron chi connectivity index (χ4n) is 3.34. The maximum absolute atomic E-state index is 12.7. The van der Waals surface area contributed by atoms with Crippen molar-refractivity contribution in [1.29, 1.82) is 0 Å². The van der Waals surface area contributed by atoms with Gasteiger partial charge < -0.3 is 19.6 Å². The number of hydrogen-bond donors (Lipinski definition) is 1. The molecule has 2 aromatic rings. The molecule has 6 heteroatoms. The number of ether oxygens (including phenoxy) is 1. The van der Waals surface area contributed by atoms with Gasteiger partial charge in [0.15, 0.2) is 5.78 Å². The smallest absolute Gasteiger partial charge is 0.227 e. The van der Waals surface area contributed by atoms with E-state index < -0.39 is 0 Å². The van der Waals surface area contributed by atoms with E-state index in [1.165, 1.54) is 6.92 Å². The third-order valence-electron chi connectivity index (χ3n) is 4.88. The lowest BCUT2D eigenvalue weighted by Crippen LogP contribution is -2.49. The molecular weight excluding hydrogens is 344 g/mol. The minimum absolute atomic E-state index is 0.00550. The van der Waals surface area contributed by atoms with Crippen molar-refractivity contribution in [2.24, 2.45) is 0 Å². The molecule has 142 valence electrons. The number of hydrogen-bond acceptors (Lipinski definition) is 5. The second-order valence-corrected chi connectivity index (χ2v) is 6.62. The van der Waals surface area contributed by atoms with E-state index in [0.29, 0.717) is 37.5 Å². The van der Waals surface area contributed by atoms with Crippen LogP contribution in [0.15, 0.2) is 42.5 Å². The Bertz CT molecular complexity index is 842. The summed E-state index contributed by atoms with van der Waals surface area (Å²) < 4.78 is 5.34. The van der Waals surface area contributed by atoms with Crippen molar-refractivity contribution in [3.8, 4) is 11.5 Å². The first-order chi connectivity index (χ1) is 13.0. The van der Waals surface area contributed by atoms with Crippen molar-refractivity contribution < 1.29 is 19.4 Å². The summed E-state index contributed by atoms with van der Waals surface area (Å²) in [6, 6.07) is 12.4.